The largest absolute Gasteiger partial charge is 0.508 e. The van der Waals surface area contributed by atoms with Gasteiger partial charge in [-0.3, -0.25) is 19.9 Å². The summed E-state index contributed by atoms with van der Waals surface area (Å²) in [5.41, 5.74) is 7.05. The minimum Gasteiger partial charge on any atom is -0.508 e. The number of benzene rings is 3. The number of imide groups is 1. The summed E-state index contributed by atoms with van der Waals surface area (Å²) in [7, 11) is 0. The number of hydrogen-bond donors (Lipinski definition) is 3. The second-order valence-electron chi connectivity index (χ2n) is 11.3. The third-order valence-electron chi connectivity index (χ3n) is 8.33. The number of rotatable bonds is 9. The predicted octanol–water partition coefficient (Wildman–Crippen LogP) is 5.24. The molecule has 2 saturated heterocycles. The minimum absolute atomic E-state index is 0.204. The number of aromatic hydroxyl groups is 2. The van der Waals surface area contributed by atoms with E-state index in [2.05, 4.69) is 49.6 Å². The van der Waals surface area contributed by atoms with Crippen molar-refractivity contribution in [3.05, 3.63) is 107 Å². The summed E-state index contributed by atoms with van der Waals surface area (Å²) in [4.78, 5) is 29.7. The number of piperazine rings is 1. The Bertz CT molecular complexity index is 1700. The summed E-state index contributed by atoms with van der Waals surface area (Å²) in [6.45, 7) is 4.40. The predicted molar refractivity (Wildman–Crippen MR) is 179 cm³/mol. The molecule has 0 radical (unpaired) electrons. The monoisotopic (exact) mass is 638 g/mol. The quantitative estimate of drug-likeness (QED) is 0.168. The number of phenolic OH excluding ortho intramolecular Hbond substituents is 2. The second kappa shape index (κ2) is 14.0. The van der Waals surface area contributed by atoms with Crippen molar-refractivity contribution in [1.29, 1.82) is 0 Å². The molecule has 236 valence electrons. The van der Waals surface area contributed by atoms with Crippen LogP contribution < -0.4 is 15.1 Å². The van der Waals surface area contributed by atoms with Gasteiger partial charge < -0.3 is 15.1 Å². The van der Waals surface area contributed by atoms with Crippen molar-refractivity contribution in [2.45, 2.75) is 19.4 Å². The smallest absolute Gasteiger partial charge is 0.329 e. The average molecular weight is 639 g/mol. The number of amides is 3. The number of phenols is 2. The van der Waals surface area contributed by atoms with Crippen LogP contribution in [0.15, 0.2) is 84.9 Å². The molecule has 3 aromatic carbocycles. The zero-order valence-corrected chi connectivity index (χ0v) is 26.0. The van der Waals surface area contributed by atoms with Crippen LogP contribution in [0, 0.1) is 0 Å². The summed E-state index contributed by atoms with van der Waals surface area (Å²) >= 11 is 6.29. The number of allylic oxidation sites excluding steroid dienone is 1. The highest BCUT2D eigenvalue weighted by atomic mass is 35.5. The first-order chi connectivity index (χ1) is 22.4. The van der Waals surface area contributed by atoms with Gasteiger partial charge in [0.05, 0.1) is 5.69 Å². The van der Waals surface area contributed by atoms with Crippen LogP contribution in [0.5, 0.6) is 11.5 Å². The number of carbonyl (C=O) groups is 2. The number of nitrogens with one attached hydrogen (secondary N) is 1. The Kier molecular flexibility index (Phi) is 9.46. The molecule has 2 aliphatic heterocycles. The molecule has 3 N–H and O–H groups in total. The number of urea groups is 1. The van der Waals surface area contributed by atoms with Gasteiger partial charge in [0.25, 0.3) is 0 Å². The first-order valence-electron chi connectivity index (χ1n) is 15.3. The van der Waals surface area contributed by atoms with Gasteiger partial charge in [-0.05, 0) is 82.8 Å². The number of aromatic nitrogens is 2. The number of anilines is 2. The van der Waals surface area contributed by atoms with E-state index < -0.39 is 6.03 Å². The minimum atomic E-state index is -0.469. The number of carbonyl (C=O) groups excluding carboxylic acids is 2. The normalized spacial score (nSPS) is 16.3. The van der Waals surface area contributed by atoms with Gasteiger partial charge in [0, 0.05) is 57.3 Å². The van der Waals surface area contributed by atoms with Crippen LogP contribution in [-0.4, -0.2) is 75.9 Å². The fourth-order valence-corrected chi connectivity index (χ4v) is 6.10. The lowest BCUT2D eigenvalue weighted by Gasteiger charge is -2.36. The Hall–Kier alpha value is -4.93. The molecular weight excluding hydrogens is 604 g/mol. The van der Waals surface area contributed by atoms with E-state index >= 15 is 0 Å². The lowest BCUT2D eigenvalue weighted by atomic mass is 9.88. The molecule has 0 atom stereocenters. The average Bonchev–Trinajstić information content (AvgIpc) is 3.07. The van der Waals surface area contributed by atoms with Gasteiger partial charge in [-0.2, -0.15) is 5.10 Å². The molecule has 0 bridgehead atoms. The van der Waals surface area contributed by atoms with Gasteiger partial charge in [0.2, 0.25) is 5.91 Å². The molecule has 10 nitrogen and oxygen atoms in total. The molecule has 0 spiro atoms. The highest BCUT2D eigenvalue weighted by Gasteiger charge is 2.26. The van der Waals surface area contributed by atoms with Gasteiger partial charge in [-0.15, -0.1) is 16.7 Å². The van der Waals surface area contributed by atoms with E-state index in [-0.39, 0.29) is 23.8 Å². The molecule has 11 heteroatoms. The van der Waals surface area contributed by atoms with Crippen LogP contribution in [0.3, 0.4) is 0 Å². The fourth-order valence-electron chi connectivity index (χ4n) is 5.91. The molecule has 3 heterocycles. The maximum Gasteiger partial charge on any atom is 0.329 e. The Morgan fingerprint density at radius 1 is 0.739 bits per heavy atom. The highest BCUT2D eigenvalue weighted by Crippen LogP contribution is 2.36. The molecule has 6 rings (SSSR count). The molecule has 3 amide bonds. The van der Waals surface area contributed by atoms with Crippen LogP contribution in [0.1, 0.15) is 35.2 Å². The molecule has 0 unspecified atom stereocenters. The van der Waals surface area contributed by atoms with Crippen molar-refractivity contribution in [3.8, 4) is 11.5 Å². The first-order valence-corrected chi connectivity index (χ1v) is 15.8. The maximum atomic E-state index is 12.1. The van der Waals surface area contributed by atoms with E-state index in [1.807, 2.05) is 30.3 Å². The SMILES string of the molecule is O=C1CCN(c2ccc(CN3CCN(c4ccc(C(=C(CCCl)c5ccc(O)cc5)c5ccc(O)cc5)cc4)CC3)nn2)C(=O)N1. The van der Waals surface area contributed by atoms with Gasteiger partial charge in [-0.25, -0.2) is 4.79 Å². The molecular formula is C35H35ClN6O4. The summed E-state index contributed by atoms with van der Waals surface area (Å²) in [5, 5.41) is 30.7. The summed E-state index contributed by atoms with van der Waals surface area (Å²) in [5.74, 6) is 1.00. The van der Waals surface area contributed by atoms with E-state index in [0.29, 0.717) is 31.2 Å². The Labute approximate surface area is 272 Å². The van der Waals surface area contributed by atoms with E-state index in [9.17, 15) is 19.8 Å². The van der Waals surface area contributed by atoms with Crippen LogP contribution in [0.25, 0.3) is 11.1 Å². The van der Waals surface area contributed by atoms with Gasteiger partial charge in [-0.1, -0.05) is 36.4 Å². The van der Waals surface area contributed by atoms with Gasteiger partial charge >= 0.3 is 6.03 Å². The lowest BCUT2D eigenvalue weighted by Crippen LogP contribution is -2.50. The van der Waals surface area contributed by atoms with E-state index in [1.165, 1.54) is 4.90 Å². The zero-order valence-electron chi connectivity index (χ0n) is 25.3. The molecule has 1 aromatic heterocycles. The summed E-state index contributed by atoms with van der Waals surface area (Å²) in [6, 6.07) is 26.1. The third kappa shape index (κ3) is 7.14. The third-order valence-corrected chi connectivity index (χ3v) is 8.52. The Morgan fingerprint density at radius 3 is 1.91 bits per heavy atom. The molecule has 0 saturated carbocycles. The number of nitrogens with zero attached hydrogens (tertiary/aromatic N) is 5. The summed E-state index contributed by atoms with van der Waals surface area (Å²) in [6.07, 6.45) is 0.876. The van der Waals surface area contributed by atoms with Crippen molar-refractivity contribution < 1.29 is 19.8 Å². The summed E-state index contributed by atoms with van der Waals surface area (Å²) < 4.78 is 0. The number of halogens is 1. The van der Waals surface area contributed by atoms with Gasteiger partial charge in [0.15, 0.2) is 5.82 Å². The Balaban J connectivity index is 1.14. The van der Waals surface area contributed by atoms with Crippen LogP contribution in [-0.2, 0) is 11.3 Å². The van der Waals surface area contributed by atoms with E-state index in [1.54, 1.807) is 30.3 Å². The van der Waals surface area contributed by atoms with Crippen molar-refractivity contribution in [1.82, 2.24) is 20.4 Å². The molecule has 2 aliphatic rings. The lowest BCUT2D eigenvalue weighted by molar-refractivity contribution is -0.120. The fraction of sp³-hybridized carbons (Fsp3) is 0.257. The van der Waals surface area contributed by atoms with Crippen LogP contribution in [0.4, 0.5) is 16.3 Å². The van der Waals surface area contributed by atoms with Crippen molar-refractivity contribution in [2.24, 2.45) is 0 Å². The van der Waals surface area contributed by atoms with Crippen molar-refractivity contribution in [3.63, 3.8) is 0 Å². The highest BCUT2D eigenvalue weighted by molar-refractivity contribution is 6.18. The van der Waals surface area contributed by atoms with E-state index in [0.717, 1.165) is 65.4 Å². The number of hydrogen-bond acceptors (Lipinski definition) is 8. The molecule has 2 fully saturated rings. The topological polar surface area (TPSA) is 122 Å². The number of alkyl halides is 1. The standard InChI is InChI=1S/C35H35ClN6O4/c36-17-15-31(24-3-10-29(43)11-4-24)34(26-5-12-30(44)13-6-26)25-1-8-28(9-2-25)41-21-19-40(20-22-41)23-27-7-14-32(39-38-27)42-18-16-33(45)37-35(42)46/h1-14,43-44H,15-23H2,(H,37,45,46). The van der Waals surface area contributed by atoms with Crippen LogP contribution in [0.2, 0.25) is 0 Å². The van der Waals surface area contributed by atoms with Gasteiger partial charge in [0.1, 0.15) is 11.5 Å². The Morgan fingerprint density at radius 2 is 1.35 bits per heavy atom. The zero-order chi connectivity index (χ0) is 32.0. The first kappa shape index (κ1) is 31.1. The maximum absolute atomic E-state index is 12.1. The second-order valence-corrected chi connectivity index (χ2v) is 11.7. The van der Waals surface area contributed by atoms with E-state index in [4.69, 9.17) is 11.6 Å². The van der Waals surface area contributed by atoms with Crippen molar-refractivity contribution in [2.75, 3.05) is 48.4 Å². The molecule has 0 aliphatic carbocycles. The molecule has 4 aromatic rings. The van der Waals surface area contributed by atoms with Crippen LogP contribution >= 0.6 is 11.6 Å². The molecule has 46 heavy (non-hydrogen) atoms. The van der Waals surface area contributed by atoms with Crippen molar-refractivity contribution >= 4 is 46.2 Å².